The summed E-state index contributed by atoms with van der Waals surface area (Å²) < 4.78 is 6.20. The second-order valence-electron chi connectivity index (χ2n) is 4.19. The van der Waals surface area contributed by atoms with Crippen molar-refractivity contribution < 1.29 is 9.53 Å². The average molecular weight is 314 g/mol. The van der Waals surface area contributed by atoms with Crippen molar-refractivity contribution in [3.63, 3.8) is 0 Å². The van der Waals surface area contributed by atoms with Gasteiger partial charge in [-0.25, -0.2) is 0 Å². The van der Waals surface area contributed by atoms with Crippen LogP contribution in [0.25, 0.3) is 0 Å². The number of hydrogen-bond acceptors (Lipinski definition) is 4. The molecule has 1 aromatic rings. The van der Waals surface area contributed by atoms with E-state index in [9.17, 15) is 4.79 Å². The normalized spacial score (nSPS) is 23.0. The van der Waals surface area contributed by atoms with Gasteiger partial charge >= 0.3 is 0 Å². The number of ether oxygens (including phenoxy) is 1. The zero-order valence-electron chi connectivity index (χ0n) is 10.1. The van der Waals surface area contributed by atoms with Crippen molar-refractivity contribution in [3.05, 3.63) is 22.9 Å². The fourth-order valence-electron chi connectivity index (χ4n) is 1.99. The van der Waals surface area contributed by atoms with Crippen molar-refractivity contribution in [3.8, 4) is 0 Å². The summed E-state index contributed by atoms with van der Waals surface area (Å²) in [7, 11) is 0. The van der Waals surface area contributed by atoms with E-state index < -0.39 is 0 Å². The quantitative estimate of drug-likeness (QED) is 0.882. The topological polar surface area (TPSA) is 63.2 Å². The molecule has 1 saturated heterocycles. The van der Waals surface area contributed by atoms with Crippen molar-refractivity contribution in [1.82, 2.24) is 10.3 Å². The minimum atomic E-state index is -0.149. The maximum absolute atomic E-state index is 12.1. The van der Waals surface area contributed by atoms with Gasteiger partial charge in [0, 0.05) is 16.7 Å². The van der Waals surface area contributed by atoms with E-state index >= 15 is 0 Å². The SMILES string of the molecule is CCNC1COCC1C(=O)Nc1cncc(Br)c1. The largest absolute Gasteiger partial charge is 0.379 e. The zero-order chi connectivity index (χ0) is 13.0. The van der Waals surface area contributed by atoms with Gasteiger partial charge < -0.3 is 15.4 Å². The van der Waals surface area contributed by atoms with E-state index in [-0.39, 0.29) is 17.9 Å². The number of likely N-dealkylation sites (N-methyl/N-ethyl adjacent to an activating group) is 1. The molecule has 2 unspecified atom stereocenters. The van der Waals surface area contributed by atoms with Gasteiger partial charge in [-0.3, -0.25) is 9.78 Å². The summed E-state index contributed by atoms with van der Waals surface area (Å²) in [5, 5.41) is 6.12. The van der Waals surface area contributed by atoms with Crippen LogP contribution in [0.1, 0.15) is 6.92 Å². The number of pyridine rings is 1. The van der Waals surface area contributed by atoms with Gasteiger partial charge in [0.15, 0.2) is 0 Å². The van der Waals surface area contributed by atoms with Crippen LogP contribution in [-0.2, 0) is 9.53 Å². The van der Waals surface area contributed by atoms with E-state index in [1.807, 2.05) is 13.0 Å². The molecule has 2 rings (SSSR count). The fraction of sp³-hybridized carbons (Fsp3) is 0.500. The number of hydrogen-bond donors (Lipinski definition) is 2. The minimum absolute atomic E-state index is 0.0293. The first kappa shape index (κ1) is 13.5. The Morgan fingerprint density at radius 3 is 3.11 bits per heavy atom. The number of anilines is 1. The maximum atomic E-state index is 12.1. The molecule has 1 aromatic heterocycles. The first-order chi connectivity index (χ1) is 8.70. The summed E-state index contributed by atoms with van der Waals surface area (Å²) in [6, 6.07) is 1.92. The summed E-state index contributed by atoms with van der Waals surface area (Å²) in [6.07, 6.45) is 3.30. The second kappa shape index (κ2) is 6.26. The van der Waals surface area contributed by atoms with Crippen LogP contribution in [0.4, 0.5) is 5.69 Å². The summed E-state index contributed by atoms with van der Waals surface area (Å²) in [6.45, 7) is 3.90. The Morgan fingerprint density at radius 2 is 2.39 bits per heavy atom. The predicted octanol–water partition coefficient (Wildman–Crippen LogP) is 1.41. The van der Waals surface area contributed by atoms with Crippen LogP contribution in [0.15, 0.2) is 22.9 Å². The lowest BCUT2D eigenvalue weighted by molar-refractivity contribution is -0.120. The van der Waals surface area contributed by atoms with Gasteiger partial charge in [0.05, 0.1) is 31.0 Å². The lowest BCUT2D eigenvalue weighted by Crippen LogP contribution is -2.41. The zero-order valence-corrected chi connectivity index (χ0v) is 11.7. The highest BCUT2D eigenvalue weighted by molar-refractivity contribution is 9.10. The number of rotatable bonds is 4. The maximum Gasteiger partial charge on any atom is 0.231 e. The molecule has 0 aliphatic carbocycles. The molecule has 0 radical (unpaired) electrons. The monoisotopic (exact) mass is 313 g/mol. The molecule has 0 bridgehead atoms. The molecule has 18 heavy (non-hydrogen) atoms. The molecule has 2 heterocycles. The summed E-state index contributed by atoms with van der Waals surface area (Å²) in [5.74, 6) is -0.178. The highest BCUT2D eigenvalue weighted by atomic mass is 79.9. The molecule has 1 amide bonds. The molecule has 1 aliphatic rings. The smallest absolute Gasteiger partial charge is 0.231 e. The summed E-state index contributed by atoms with van der Waals surface area (Å²) in [4.78, 5) is 16.1. The van der Waals surface area contributed by atoms with E-state index in [1.54, 1.807) is 12.4 Å². The van der Waals surface area contributed by atoms with Gasteiger partial charge in [-0.15, -0.1) is 0 Å². The van der Waals surface area contributed by atoms with E-state index in [0.717, 1.165) is 11.0 Å². The molecule has 0 aromatic carbocycles. The first-order valence-electron chi connectivity index (χ1n) is 5.93. The molecule has 5 nitrogen and oxygen atoms in total. The van der Waals surface area contributed by atoms with Crippen LogP contribution in [0.2, 0.25) is 0 Å². The van der Waals surface area contributed by atoms with E-state index in [0.29, 0.717) is 18.9 Å². The van der Waals surface area contributed by atoms with Crippen molar-refractivity contribution >= 4 is 27.5 Å². The van der Waals surface area contributed by atoms with Gasteiger partial charge in [0.2, 0.25) is 5.91 Å². The van der Waals surface area contributed by atoms with Crippen molar-refractivity contribution in [2.45, 2.75) is 13.0 Å². The van der Waals surface area contributed by atoms with Gasteiger partial charge in [-0.05, 0) is 28.5 Å². The Bertz CT molecular complexity index is 428. The molecule has 2 N–H and O–H groups in total. The molecule has 98 valence electrons. The number of carbonyl (C=O) groups is 1. The number of nitrogens with one attached hydrogen (secondary N) is 2. The van der Waals surface area contributed by atoms with Gasteiger partial charge in [0.1, 0.15) is 0 Å². The summed E-state index contributed by atoms with van der Waals surface area (Å²) >= 11 is 3.32. The van der Waals surface area contributed by atoms with Gasteiger partial charge in [-0.2, -0.15) is 0 Å². The van der Waals surface area contributed by atoms with Crippen molar-refractivity contribution in [2.75, 3.05) is 25.1 Å². The van der Waals surface area contributed by atoms with Gasteiger partial charge in [-0.1, -0.05) is 6.92 Å². The Kier molecular flexibility index (Phi) is 4.68. The molecular weight excluding hydrogens is 298 g/mol. The fourth-order valence-corrected chi connectivity index (χ4v) is 2.36. The first-order valence-corrected chi connectivity index (χ1v) is 6.72. The summed E-state index contributed by atoms with van der Waals surface area (Å²) in [5.41, 5.74) is 0.691. The highest BCUT2D eigenvalue weighted by Crippen LogP contribution is 2.18. The Balaban J connectivity index is 1.99. The van der Waals surface area contributed by atoms with Crippen LogP contribution in [0.3, 0.4) is 0 Å². The van der Waals surface area contributed by atoms with Crippen molar-refractivity contribution in [1.29, 1.82) is 0 Å². The third kappa shape index (κ3) is 3.28. The molecule has 1 aliphatic heterocycles. The van der Waals surface area contributed by atoms with Crippen LogP contribution >= 0.6 is 15.9 Å². The highest BCUT2D eigenvalue weighted by Gasteiger charge is 2.33. The van der Waals surface area contributed by atoms with Gasteiger partial charge in [0.25, 0.3) is 0 Å². The lowest BCUT2D eigenvalue weighted by Gasteiger charge is -2.17. The van der Waals surface area contributed by atoms with Crippen molar-refractivity contribution in [2.24, 2.45) is 5.92 Å². The predicted molar refractivity (Wildman–Crippen MR) is 72.3 cm³/mol. The molecule has 2 atom stereocenters. The van der Waals surface area contributed by atoms with Crippen LogP contribution in [0.5, 0.6) is 0 Å². The van der Waals surface area contributed by atoms with E-state index in [1.165, 1.54) is 0 Å². The Labute approximate surface area is 114 Å². The average Bonchev–Trinajstić information content (AvgIpc) is 2.78. The Morgan fingerprint density at radius 1 is 1.56 bits per heavy atom. The van der Waals surface area contributed by atoms with E-state index in [4.69, 9.17) is 4.74 Å². The molecule has 1 fully saturated rings. The van der Waals surface area contributed by atoms with Crippen LogP contribution in [0, 0.1) is 5.92 Å². The molecule has 0 spiro atoms. The Hall–Kier alpha value is -0.980. The standard InChI is InChI=1S/C12H16BrN3O2/c1-2-15-11-7-18-6-10(11)12(17)16-9-3-8(13)4-14-5-9/h3-5,10-11,15H,2,6-7H2,1H3,(H,16,17). The second-order valence-corrected chi connectivity index (χ2v) is 5.10. The number of amides is 1. The number of aromatic nitrogens is 1. The number of halogens is 1. The molecule has 6 heteroatoms. The van der Waals surface area contributed by atoms with E-state index in [2.05, 4.69) is 31.5 Å². The molecule has 0 saturated carbocycles. The van der Waals surface area contributed by atoms with Crippen LogP contribution in [-0.4, -0.2) is 36.7 Å². The third-order valence-corrected chi connectivity index (χ3v) is 3.29. The molecular formula is C12H16BrN3O2. The minimum Gasteiger partial charge on any atom is -0.379 e. The number of carbonyl (C=O) groups excluding carboxylic acids is 1. The lowest BCUT2D eigenvalue weighted by atomic mass is 10.0. The third-order valence-electron chi connectivity index (χ3n) is 2.86. The number of nitrogens with zero attached hydrogens (tertiary/aromatic N) is 1. The van der Waals surface area contributed by atoms with Crippen LogP contribution < -0.4 is 10.6 Å².